The number of carbonyl (C=O) groups excluding carboxylic acids is 1. The molecule has 0 aromatic heterocycles. The first-order valence-corrected chi connectivity index (χ1v) is 4.19. The molecule has 0 heterocycles. The summed E-state index contributed by atoms with van der Waals surface area (Å²) < 4.78 is 35.3. The van der Waals surface area contributed by atoms with Crippen LogP contribution in [-0.4, -0.2) is 32.2 Å². The molecule has 0 saturated heterocycles. The Labute approximate surface area is 81.1 Å². The van der Waals surface area contributed by atoms with Crippen molar-refractivity contribution in [3.05, 3.63) is 0 Å². The van der Waals surface area contributed by atoms with Gasteiger partial charge in [-0.3, -0.25) is 4.79 Å². The van der Waals surface area contributed by atoms with E-state index in [1.165, 1.54) is 7.05 Å². The average Bonchev–Trinajstić information content (AvgIpc) is 2.00. The summed E-state index contributed by atoms with van der Waals surface area (Å²) in [5, 5.41) is 4.59. The smallest absolute Gasteiger partial charge is 0.359 e. The molecule has 0 fully saturated rings. The van der Waals surface area contributed by atoms with Gasteiger partial charge in [0.2, 0.25) is 5.91 Å². The van der Waals surface area contributed by atoms with Crippen molar-refractivity contribution in [2.45, 2.75) is 20.0 Å². The second kappa shape index (κ2) is 4.63. The quantitative estimate of drug-likeness (QED) is 0.727. The predicted octanol–water partition coefficient (Wildman–Crippen LogP) is 0.910. The highest BCUT2D eigenvalue weighted by molar-refractivity contribution is 5.81. The maximum absolute atomic E-state index is 11.8. The summed E-state index contributed by atoms with van der Waals surface area (Å²) in [6.45, 7) is 2.07. The third-order valence-corrected chi connectivity index (χ3v) is 1.73. The van der Waals surface area contributed by atoms with Crippen LogP contribution in [0.15, 0.2) is 0 Å². The molecule has 0 aliphatic carbocycles. The number of hydrogen-bond donors (Lipinski definition) is 2. The van der Waals surface area contributed by atoms with E-state index in [9.17, 15) is 18.0 Å². The standard InChI is InChI=1S/C8H15F3N2O/c1-7(2,6(14)12-3)4-13-5-8(9,10)11/h13H,4-5H2,1-3H3,(H,12,14). The van der Waals surface area contributed by atoms with E-state index in [0.717, 1.165) is 0 Å². The van der Waals surface area contributed by atoms with Crippen molar-refractivity contribution < 1.29 is 18.0 Å². The summed E-state index contributed by atoms with van der Waals surface area (Å²) in [5.41, 5.74) is -0.833. The largest absolute Gasteiger partial charge is 0.401 e. The van der Waals surface area contributed by atoms with Crippen molar-refractivity contribution >= 4 is 5.91 Å². The van der Waals surface area contributed by atoms with Gasteiger partial charge in [-0.15, -0.1) is 0 Å². The minimum atomic E-state index is -4.24. The third-order valence-electron chi connectivity index (χ3n) is 1.73. The van der Waals surface area contributed by atoms with E-state index < -0.39 is 18.1 Å². The molecule has 3 nitrogen and oxygen atoms in total. The summed E-state index contributed by atoms with van der Waals surface area (Å²) in [6.07, 6.45) is -4.24. The molecule has 0 aliphatic heterocycles. The summed E-state index contributed by atoms with van der Waals surface area (Å²) in [6, 6.07) is 0. The Bertz CT molecular complexity index is 201. The fraction of sp³-hybridized carbons (Fsp3) is 0.875. The minimum absolute atomic E-state index is 0.00775. The van der Waals surface area contributed by atoms with Gasteiger partial charge in [0.05, 0.1) is 12.0 Å². The fourth-order valence-corrected chi connectivity index (χ4v) is 0.935. The summed E-state index contributed by atoms with van der Waals surface area (Å²) in [5.74, 6) is -0.285. The highest BCUT2D eigenvalue weighted by atomic mass is 19.4. The normalized spacial score (nSPS) is 12.7. The first-order valence-electron chi connectivity index (χ1n) is 4.19. The van der Waals surface area contributed by atoms with Crippen LogP contribution in [0.5, 0.6) is 0 Å². The lowest BCUT2D eigenvalue weighted by molar-refractivity contribution is -0.133. The second-order valence-corrected chi connectivity index (χ2v) is 3.68. The number of halogens is 3. The molecule has 0 aliphatic rings. The summed E-state index contributed by atoms with van der Waals surface area (Å²) >= 11 is 0. The number of alkyl halides is 3. The van der Waals surface area contributed by atoms with Crippen LogP contribution in [0.25, 0.3) is 0 Å². The van der Waals surface area contributed by atoms with E-state index in [1.807, 2.05) is 0 Å². The first-order chi connectivity index (χ1) is 6.19. The molecule has 2 N–H and O–H groups in total. The molecule has 0 bridgehead atoms. The second-order valence-electron chi connectivity index (χ2n) is 3.68. The van der Waals surface area contributed by atoms with Gasteiger partial charge in [0.15, 0.2) is 0 Å². The molecule has 0 aromatic carbocycles. The zero-order valence-electron chi connectivity index (χ0n) is 8.46. The lowest BCUT2D eigenvalue weighted by Gasteiger charge is -2.23. The van der Waals surface area contributed by atoms with Crippen LogP contribution in [0.1, 0.15) is 13.8 Å². The molecule has 0 atom stereocenters. The van der Waals surface area contributed by atoms with E-state index >= 15 is 0 Å². The van der Waals surface area contributed by atoms with Gasteiger partial charge >= 0.3 is 6.18 Å². The third kappa shape index (κ3) is 5.06. The first kappa shape index (κ1) is 13.2. The lowest BCUT2D eigenvalue weighted by Crippen LogP contribution is -2.44. The van der Waals surface area contributed by atoms with Gasteiger partial charge < -0.3 is 10.6 Å². The van der Waals surface area contributed by atoms with E-state index in [2.05, 4.69) is 10.6 Å². The van der Waals surface area contributed by atoms with Gasteiger partial charge in [-0.25, -0.2) is 0 Å². The van der Waals surface area contributed by atoms with Crippen LogP contribution in [-0.2, 0) is 4.79 Å². The van der Waals surface area contributed by atoms with Crippen molar-refractivity contribution in [3.8, 4) is 0 Å². The molecule has 0 radical (unpaired) electrons. The van der Waals surface area contributed by atoms with Crippen molar-refractivity contribution in [2.75, 3.05) is 20.1 Å². The molecule has 84 valence electrons. The Morgan fingerprint density at radius 1 is 1.21 bits per heavy atom. The molecular weight excluding hydrogens is 197 g/mol. The van der Waals surface area contributed by atoms with Gasteiger partial charge in [0.1, 0.15) is 0 Å². The molecule has 0 saturated carbocycles. The zero-order valence-corrected chi connectivity index (χ0v) is 8.46. The molecular formula is C8H15F3N2O. The van der Waals surface area contributed by atoms with Crippen LogP contribution >= 0.6 is 0 Å². The van der Waals surface area contributed by atoms with Crippen molar-refractivity contribution in [3.63, 3.8) is 0 Å². The maximum Gasteiger partial charge on any atom is 0.401 e. The Morgan fingerprint density at radius 2 is 1.71 bits per heavy atom. The average molecular weight is 212 g/mol. The van der Waals surface area contributed by atoms with E-state index in [4.69, 9.17) is 0 Å². The number of carbonyl (C=O) groups is 1. The number of rotatable bonds is 4. The molecule has 6 heteroatoms. The molecule has 1 amide bonds. The van der Waals surface area contributed by atoms with E-state index in [1.54, 1.807) is 13.8 Å². The van der Waals surface area contributed by atoms with Crippen LogP contribution in [0, 0.1) is 5.41 Å². The zero-order chi connectivity index (χ0) is 11.4. The topological polar surface area (TPSA) is 41.1 Å². The highest BCUT2D eigenvalue weighted by Gasteiger charge is 2.30. The van der Waals surface area contributed by atoms with Crippen molar-refractivity contribution in [1.82, 2.24) is 10.6 Å². The van der Waals surface area contributed by atoms with Crippen molar-refractivity contribution in [2.24, 2.45) is 5.41 Å². The van der Waals surface area contributed by atoms with Crippen LogP contribution < -0.4 is 10.6 Å². The number of nitrogens with one attached hydrogen (secondary N) is 2. The molecule has 0 aromatic rings. The minimum Gasteiger partial charge on any atom is -0.359 e. The number of hydrogen-bond acceptors (Lipinski definition) is 2. The van der Waals surface area contributed by atoms with Gasteiger partial charge in [0.25, 0.3) is 0 Å². The SMILES string of the molecule is CNC(=O)C(C)(C)CNCC(F)(F)F. The van der Waals surface area contributed by atoms with Crippen LogP contribution in [0.2, 0.25) is 0 Å². The summed E-state index contributed by atoms with van der Waals surface area (Å²) in [4.78, 5) is 11.2. The molecule has 0 rings (SSSR count). The molecule has 0 spiro atoms. The monoisotopic (exact) mass is 212 g/mol. The van der Waals surface area contributed by atoms with Gasteiger partial charge in [-0.1, -0.05) is 0 Å². The Balaban J connectivity index is 3.94. The highest BCUT2D eigenvalue weighted by Crippen LogP contribution is 2.16. The van der Waals surface area contributed by atoms with Gasteiger partial charge in [0, 0.05) is 13.6 Å². The summed E-state index contributed by atoms with van der Waals surface area (Å²) in [7, 11) is 1.45. The Hall–Kier alpha value is -0.780. The number of amides is 1. The maximum atomic E-state index is 11.8. The molecule has 14 heavy (non-hydrogen) atoms. The molecule has 0 unspecified atom stereocenters. The lowest BCUT2D eigenvalue weighted by atomic mass is 9.92. The van der Waals surface area contributed by atoms with E-state index in [0.29, 0.717) is 0 Å². The fourth-order valence-electron chi connectivity index (χ4n) is 0.935. The van der Waals surface area contributed by atoms with E-state index in [-0.39, 0.29) is 12.5 Å². The van der Waals surface area contributed by atoms with Crippen molar-refractivity contribution in [1.29, 1.82) is 0 Å². The Kier molecular flexibility index (Phi) is 4.38. The predicted molar refractivity (Wildman–Crippen MR) is 46.8 cm³/mol. The van der Waals surface area contributed by atoms with Gasteiger partial charge in [-0.05, 0) is 13.8 Å². The van der Waals surface area contributed by atoms with Crippen LogP contribution in [0.3, 0.4) is 0 Å². The van der Waals surface area contributed by atoms with Gasteiger partial charge in [-0.2, -0.15) is 13.2 Å². The Morgan fingerprint density at radius 3 is 2.07 bits per heavy atom. The van der Waals surface area contributed by atoms with Crippen LogP contribution in [0.4, 0.5) is 13.2 Å².